The summed E-state index contributed by atoms with van der Waals surface area (Å²) in [7, 11) is 0. The van der Waals surface area contributed by atoms with Crippen molar-refractivity contribution in [3.8, 4) is 5.75 Å². The minimum atomic E-state index is 0.405. The Morgan fingerprint density at radius 3 is 3.00 bits per heavy atom. The number of hydrogen-bond donors (Lipinski definition) is 1. The maximum absolute atomic E-state index is 5.47. The number of nitrogens with two attached hydrogens (primary N) is 1. The smallest absolute Gasteiger partial charge is 0.143 e. The first-order chi connectivity index (χ1) is 5.77. The summed E-state index contributed by atoms with van der Waals surface area (Å²) in [5.41, 5.74) is 6.26. The van der Waals surface area contributed by atoms with Crippen molar-refractivity contribution in [2.75, 3.05) is 6.61 Å². The monoisotopic (exact) mass is 230 g/mol. The highest BCUT2D eigenvalue weighted by atomic mass is 79.9. The van der Waals surface area contributed by atoms with Gasteiger partial charge in [-0.1, -0.05) is 0 Å². The van der Waals surface area contributed by atoms with Crippen molar-refractivity contribution < 1.29 is 4.74 Å². The molecule has 1 aromatic heterocycles. The van der Waals surface area contributed by atoms with Gasteiger partial charge in [-0.2, -0.15) is 0 Å². The van der Waals surface area contributed by atoms with Crippen LogP contribution in [0.25, 0.3) is 0 Å². The molecule has 2 N–H and O–H groups in total. The van der Waals surface area contributed by atoms with Gasteiger partial charge < -0.3 is 10.5 Å². The molecule has 4 heteroatoms. The van der Waals surface area contributed by atoms with E-state index in [4.69, 9.17) is 10.5 Å². The molecule has 0 amide bonds. The zero-order valence-electron chi connectivity index (χ0n) is 6.88. The fraction of sp³-hybridized carbons (Fsp3) is 0.375. The van der Waals surface area contributed by atoms with Crippen LogP contribution in [0.15, 0.2) is 16.7 Å². The Morgan fingerprint density at radius 2 is 2.42 bits per heavy atom. The van der Waals surface area contributed by atoms with E-state index in [-0.39, 0.29) is 0 Å². The van der Waals surface area contributed by atoms with Gasteiger partial charge in [-0.05, 0) is 28.9 Å². The van der Waals surface area contributed by atoms with Gasteiger partial charge in [-0.25, -0.2) is 0 Å². The fourth-order valence-electron chi connectivity index (χ4n) is 0.883. The van der Waals surface area contributed by atoms with E-state index < -0.39 is 0 Å². The zero-order chi connectivity index (χ0) is 8.97. The average Bonchev–Trinajstić information content (AvgIpc) is 2.05. The lowest BCUT2D eigenvalue weighted by Gasteiger charge is -2.07. The summed E-state index contributed by atoms with van der Waals surface area (Å²) in [6.07, 6.45) is 1.71. The first-order valence-electron chi connectivity index (χ1n) is 3.75. The van der Waals surface area contributed by atoms with Crippen LogP contribution in [0.1, 0.15) is 12.6 Å². The van der Waals surface area contributed by atoms with Crippen molar-refractivity contribution in [2.45, 2.75) is 13.5 Å². The molecular weight excluding hydrogens is 220 g/mol. The fourth-order valence-corrected chi connectivity index (χ4v) is 1.19. The molecule has 0 aliphatic carbocycles. The Hall–Kier alpha value is -0.610. The molecule has 0 atom stereocenters. The molecule has 0 unspecified atom stereocenters. The summed E-state index contributed by atoms with van der Waals surface area (Å²) in [5.74, 6) is 0.759. The molecule has 1 rings (SSSR count). The zero-order valence-corrected chi connectivity index (χ0v) is 8.47. The van der Waals surface area contributed by atoms with E-state index in [2.05, 4.69) is 20.9 Å². The molecule has 0 aromatic carbocycles. The van der Waals surface area contributed by atoms with Crippen molar-refractivity contribution >= 4 is 15.9 Å². The molecule has 0 saturated carbocycles. The molecular formula is C8H11BrN2O. The van der Waals surface area contributed by atoms with Crippen LogP contribution in [0.3, 0.4) is 0 Å². The van der Waals surface area contributed by atoms with E-state index in [1.807, 2.05) is 13.0 Å². The van der Waals surface area contributed by atoms with Gasteiger partial charge in [0, 0.05) is 17.2 Å². The van der Waals surface area contributed by atoms with E-state index in [1.165, 1.54) is 0 Å². The Morgan fingerprint density at radius 1 is 1.67 bits per heavy atom. The number of nitrogens with zero attached hydrogens (tertiary/aromatic N) is 1. The minimum absolute atomic E-state index is 0.405. The van der Waals surface area contributed by atoms with Gasteiger partial charge in [0.15, 0.2) is 0 Å². The molecule has 3 nitrogen and oxygen atoms in total. The Bertz CT molecular complexity index is 265. The lowest BCUT2D eigenvalue weighted by Crippen LogP contribution is -2.04. The summed E-state index contributed by atoms with van der Waals surface area (Å²) in [6, 6.07) is 1.87. The summed E-state index contributed by atoms with van der Waals surface area (Å²) >= 11 is 3.31. The quantitative estimate of drug-likeness (QED) is 0.861. The van der Waals surface area contributed by atoms with Crippen LogP contribution in [0.2, 0.25) is 0 Å². The topological polar surface area (TPSA) is 48.1 Å². The maximum atomic E-state index is 5.47. The van der Waals surface area contributed by atoms with Crippen molar-refractivity contribution in [2.24, 2.45) is 5.73 Å². The Balaban J connectivity index is 2.95. The summed E-state index contributed by atoms with van der Waals surface area (Å²) < 4.78 is 6.24. The van der Waals surface area contributed by atoms with Crippen LogP contribution in [-0.4, -0.2) is 11.6 Å². The molecule has 0 radical (unpaired) electrons. The molecule has 1 heterocycles. The molecule has 1 aromatic rings. The first-order valence-corrected chi connectivity index (χ1v) is 4.54. The predicted octanol–water partition coefficient (Wildman–Crippen LogP) is 1.70. The van der Waals surface area contributed by atoms with Gasteiger partial charge >= 0.3 is 0 Å². The highest BCUT2D eigenvalue weighted by Gasteiger charge is 2.02. The number of ether oxygens (including phenoxy) is 1. The molecule has 66 valence electrons. The average molecular weight is 231 g/mol. The van der Waals surface area contributed by atoms with Crippen molar-refractivity contribution in [3.63, 3.8) is 0 Å². The van der Waals surface area contributed by atoms with Crippen molar-refractivity contribution in [1.82, 2.24) is 4.98 Å². The third-order valence-electron chi connectivity index (χ3n) is 1.39. The summed E-state index contributed by atoms with van der Waals surface area (Å²) in [6.45, 7) is 2.97. The lowest BCUT2D eigenvalue weighted by atomic mass is 10.3. The molecule has 0 aliphatic rings. The van der Waals surface area contributed by atoms with Gasteiger partial charge in [-0.15, -0.1) is 0 Å². The number of aromatic nitrogens is 1. The minimum Gasteiger partial charge on any atom is -0.492 e. The first kappa shape index (κ1) is 9.48. The van der Waals surface area contributed by atoms with E-state index in [1.54, 1.807) is 6.20 Å². The summed E-state index contributed by atoms with van der Waals surface area (Å²) in [5, 5.41) is 0. The SMILES string of the molecule is CCOc1cc(Br)cnc1CN. The van der Waals surface area contributed by atoms with E-state index in [0.29, 0.717) is 13.2 Å². The normalized spacial score (nSPS) is 9.92. The number of rotatable bonds is 3. The lowest BCUT2D eigenvalue weighted by molar-refractivity contribution is 0.334. The second kappa shape index (κ2) is 4.42. The van der Waals surface area contributed by atoms with Crippen molar-refractivity contribution in [1.29, 1.82) is 0 Å². The maximum Gasteiger partial charge on any atom is 0.143 e. The van der Waals surface area contributed by atoms with Gasteiger partial charge in [0.1, 0.15) is 5.75 Å². The van der Waals surface area contributed by atoms with Gasteiger partial charge in [0.05, 0.1) is 12.3 Å². The van der Waals surface area contributed by atoms with Crippen LogP contribution < -0.4 is 10.5 Å². The van der Waals surface area contributed by atoms with Gasteiger partial charge in [-0.3, -0.25) is 4.98 Å². The third kappa shape index (κ3) is 2.19. The number of halogens is 1. The molecule has 0 saturated heterocycles. The van der Waals surface area contributed by atoms with Gasteiger partial charge in [0.2, 0.25) is 0 Å². The van der Waals surface area contributed by atoms with Crippen LogP contribution >= 0.6 is 15.9 Å². The van der Waals surface area contributed by atoms with Gasteiger partial charge in [0.25, 0.3) is 0 Å². The second-order valence-corrected chi connectivity index (χ2v) is 3.15. The molecule has 0 fully saturated rings. The van der Waals surface area contributed by atoms with Crippen LogP contribution in [0.5, 0.6) is 5.75 Å². The second-order valence-electron chi connectivity index (χ2n) is 2.24. The number of hydrogen-bond acceptors (Lipinski definition) is 3. The summed E-state index contributed by atoms with van der Waals surface area (Å²) in [4.78, 5) is 4.12. The highest BCUT2D eigenvalue weighted by Crippen LogP contribution is 2.20. The third-order valence-corrected chi connectivity index (χ3v) is 1.82. The predicted molar refractivity (Wildman–Crippen MR) is 51.0 cm³/mol. The van der Waals surface area contributed by atoms with Crippen LogP contribution in [-0.2, 0) is 6.54 Å². The largest absolute Gasteiger partial charge is 0.492 e. The van der Waals surface area contributed by atoms with Crippen LogP contribution in [0.4, 0.5) is 0 Å². The van der Waals surface area contributed by atoms with E-state index in [0.717, 1.165) is 15.9 Å². The highest BCUT2D eigenvalue weighted by molar-refractivity contribution is 9.10. The van der Waals surface area contributed by atoms with E-state index in [9.17, 15) is 0 Å². The number of pyridine rings is 1. The standard InChI is InChI=1S/C8H11BrN2O/c1-2-12-8-3-6(9)5-11-7(8)4-10/h3,5H,2,4,10H2,1H3. The Labute approximate surface area is 80.1 Å². The molecule has 0 aliphatic heterocycles. The molecule has 12 heavy (non-hydrogen) atoms. The molecule has 0 bridgehead atoms. The van der Waals surface area contributed by atoms with Crippen molar-refractivity contribution in [3.05, 3.63) is 22.4 Å². The Kier molecular flexibility index (Phi) is 3.49. The molecule has 0 spiro atoms. The van der Waals surface area contributed by atoms with Crippen LogP contribution in [0, 0.1) is 0 Å². The van der Waals surface area contributed by atoms with E-state index >= 15 is 0 Å².